The summed E-state index contributed by atoms with van der Waals surface area (Å²) >= 11 is 0. The summed E-state index contributed by atoms with van der Waals surface area (Å²) in [7, 11) is 1.65. The quantitative estimate of drug-likeness (QED) is 0.882. The van der Waals surface area contributed by atoms with Gasteiger partial charge in [-0.1, -0.05) is 24.3 Å². The number of aliphatic hydroxyl groups is 1. The second-order valence-corrected chi connectivity index (χ2v) is 4.51. The molecule has 1 aromatic heterocycles. The Labute approximate surface area is 112 Å². The monoisotopic (exact) mass is 258 g/mol. The standard InChI is InChI=1S/C15H18N2O2/c1-10-6-7-17-15(16)13(10)14(18)12-5-3-4-11(8-12)9-19-2/h3-8,14,18H,9H2,1-2H3,(H2,16,17). The minimum atomic E-state index is -0.773. The van der Waals surface area contributed by atoms with Gasteiger partial charge >= 0.3 is 0 Å². The third-order valence-corrected chi connectivity index (χ3v) is 3.09. The molecular formula is C15H18N2O2. The van der Waals surface area contributed by atoms with Gasteiger partial charge in [-0.25, -0.2) is 4.98 Å². The molecule has 1 atom stereocenters. The highest BCUT2D eigenvalue weighted by Crippen LogP contribution is 2.28. The fraction of sp³-hybridized carbons (Fsp3) is 0.267. The number of hydrogen-bond acceptors (Lipinski definition) is 4. The molecule has 4 nitrogen and oxygen atoms in total. The van der Waals surface area contributed by atoms with Crippen molar-refractivity contribution < 1.29 is 9.84 Å². The van der Waals surface area contributed by atoms with Crippen LogP contribution < -0.4 is 5.73 Å². The normalized spacial score (nSPS) is 12.4. The Morgan fingerprint density at radius 3 is 2.84 bits per heavy atom. The molecule has 0 spiro atoms. The highest BCUT2D eigenvalue weighted by atomic mass is 16.5. The maximum Gasteiger partial charge on any atom is 0.129 e. The summed E-state index contributed by atoms with van der Waals surface area (Å²) in [6.07, 6.45) is 0.868. The van der Waals surface area contributed by atoms with Crippen LogP contribution in [0.15, 0.2) is 36.5 Å². The van der Waals surface area contributed by atoms with Crippen LogP contribution in [0.3, 0.4) is 0 Å². The number of nitrogens with zero attached hydrogens (tertiary/aromatic N) is 1. The Morgan fingerprint density at radius 1 is 1.37 bits per heavy atom. The second-order valence-electron chi connectivity index (χ2n) is 4.51. The summed E-state index contributed by atoms with van der Waals surface area (Å²) in [5, 5.41) is 10.5. The van der Waals surface area contributed by atoms with Crippen molar-refractivity contribution in [2.75, 3.05) is 12.8 Å². The third-order valence-electron chi connectivity index (χ3n) is 3.09. The van der Waals surface area contributed by atoms with Gasteiger partial charge in [0.25, 0.3) is 0 Å². The fourth-order valence-corrected chi connectivity index (χ4v) is 2.13. The van der Waals surface area contributed by atoms with Gasteiger partial charge in [-0.3, -0.25) is 0 Å². The molecule has 4 heteroatoms. The number of anilines is 1. The van der Waals surface area contributed by atoms with Crippen LogP contribution in [0.5, 0.6) is 0 Å². The van der Waals surface area contributed by atoms with E-state index >= 15 is 0 Å². The Balaban J connectivity index is 2.38. The summed E-state index contributed by atoms with van der Waals surface area (Å²) in [6.45, 7) is 2.43. The molecule has 0 aliphatic carbocycles. The number of ether oxygens (including phenoxy) is 1. The van der Waals surface area contributed by atoms with Gasteiger partial charge in [-0.15, -0.1) is 0 Å². The zero-order valence-electron chi connectivity index (χ0n) is 11.1. The highest BCUT2D eigenvalue weighted by molar-refractivity contribution is 5.49. The molecule has 0 saturated heterocycles. The van der Waals surface area contributed by atoms with E-state index in [0.717, 1.165) is 16.7 Å². The molecule has 1 aromatic carbocycles. The molecule has 0 fully saturated rings. The van der Waals surface area contributed by atoms with Gasteiger partial charge in [-0.05, 0) is 29.7 Å². The number of aromatic nitrogens is 1. The van der Waals surface area contributed by atoms with Crippen molar-refractivity contribution in [1.29, 1.82) is 0 Å². The van der Waals surface area contributed by atoms with E-state index in [1.165, 1.54) is 0 Å². The molecule has 0 amide bonds. The molecule has 2 rings (SSSR count). The average Bonchev–Trinajstić information content (AvgIpc) is 2.39. The van der Waals surface area contributed by atoms with Crippen LogP contribution in [0.25, 0.3) is 0 Å². The van der Waals surface area contributed by atoms with Crippen LogP contribution in [0.2, 0.25) is 0 Å². The lowest BCUT2D eigenvalue weighted by atomic mass is 9.97. The minimum Gasteiger partial charge on any atom is -0.384 e. The summed E-state index contributed by atoms with van der Waals surface area (Å²) in [6, 6.07) is 9.48. The molecule has 0 bridgehead atoms. The maximum absolute atomic E-state index is 10.5. The van der Waals surface area contributed by atoms with E-state index < -0.39 is 6.10 Å². The zero-order valence-corrected chi connectivity index (χ0v) is 11.1. The summed E-state index contributed by atoms with van der Waals surface area (Å²) in [5.41, 5.74) is 9.25. The molecule has 0 aliphatic rings. The van der Waals surface area contributed by atoms with E-state index in [9.17, 15) is 5.11 Å². The van der Waals surface area contributed by atoms with E-state index in [4.69, 9.17) is 10.5 Å². The predicted molar refractivity (Wildman–Crippen MR) is 74.6 cm³/mol. The Kier molecular flexibility index (Phi) is 4.14. The third kappa shape index (κ3) is 2.92. The van der Waals surface area contributed by atoms with Crippen molar-refractivity contribution in [2.24, 2.45) is 0 Å². The molecule has 1 unspecified atom stereocenters. The molecule has 3 N–H and O–H groups in total. The summed E-state index contributed by atoms with van der Waals surface area (Å²) in [5.74, 6) is 0.365. The minimum absolute atomic E-state index is 0.365. The van der Waals surface area contributed by atoms with E-state index in [0.29, 0.717) is 18.0 Å². The van der Waals surface area contributed by atoms with E-state index in [1.807, 2.05) is 37.3 Å². The molecule has 100 valence electrons. The first-order chi connectivity index (χ1) is 9.13. The van der Waals surface area contributed by atoms with Gasteiger partial charge in [0, 0.05) is 18.9 Å². The fourth-order valence-electron chi connectivity index (χ4n) is 2.13. The maximum atomic E-state index is 10.5. The predicted octanol–water partition coefficient (Wildman–Crippen LogP) is 2.20. The van der Waals surface area contributed by atoms with Crippen molar-refractivity contribution in [3.05, 3.63) is 58.8 Å². The number of aryl methyl sites for hydroxylation is 1. The Hall–Kier alpha value is -1.91. The molecule has 0 radical (unpaired) electrons. The molecule has 2 aromatic rings. The summed E-state index contributed by atoms with van der Waals surface area (Å²) in [4.78, 5) is 4.04. The molecular weight excluding hydrogens is 240 g/mol. The van der Waals surface area contributed by atoms with Crippen LogP contribution in [0.4, 0.5) is 5.82 Å². The van der Waals surface area contributed by atoms with Crippen molar-refractivity contribution in [3.8, 4) is 0 Å². The number of benzene rings is 1. The topological polar surface area (TPSA) is 68.4 Å². The lowest BCUT2D eigenvalue weighted by Gasteiger charge is -2.16. The lowest BCUT2D eigenvalue weighted by Crippen LogP contribution is -2.08. The SMILES string of the molecule is COCc1cccc(C(O)c2c(C)ccnc2N)c1. The van der Waals surface area contributed by atoms with Gasteiger partial charge < -0.3 is 15.6 Å². The van der Waals surface area contributed by atoms with E-state index in [2.05, 4.69) is 4.98 Å². The van der Waals surface area contributed by atoms with Crippen LogP contribution in [-0.4, -0.2) is 17.2 Å². The number of aliphatic hydroxyl groups excluding tert-OH is 1. The van der Waals surface area contributed by atoms with Crippen LogP contribution in [0.1, 0.15) is 28.4 Å². The van der Waals surface area contributed by atoms with Crippen LogP contribution in [-0.2, 0) is 11.3 Å². The van der Waals surface area contributed by atoms with Crippen molar-refractivity contribution >= 4 is 5.82 Å². The average molecular weight is 258 g/mol. The Bertz CT molecular complexity index is 550. The molecule has 1 heterocycles. The van der Waals surface area contributed by atoms with Gasteiger partial charge in [0.2, 0.25) is 0 Å². The van der Waals surface area contributed by atoms with Gasteiger partial charge in [0.1, 0.15) is 11.9 Å². The number of rotatable bonds is 4. The van der Waals surface area contributed by atoms with Crippen molar-refractivity contribution in [1.82, 2.24) is 4.98 Å². The number of hydrogen-bond donors (Lipinski definition) is 2. The van der Waals surface area contributed by atoms with Crippen LogP contribution in [0, 0.1) is 6.92 Å². The second kappa shape index (κ2) is 5.82. The van der Waals surface area contributed by atoms with Crippen molar-refractivity contribution in [2.45, 2.75) is 19.6 Å². The number of methoxy groups -OCH3 is 1. The zero-order chi connectivity index (χ0) is 13.8. The van der Waals surface area contributed by atoms with Gasteiger partial charge in [0.05, 0.1) is 6.61 Å². The Morgan fingerprint density at radius 2 is 2.16 bits per heavy atom. The smallest absolute Gasteiger partial charge is 0.129 e. The highest BCUT2D eigenvalue weighted by Gasteiger charge is 2.16. The summed E-state index contributed by atoms with van der Waals surface area (Å²) < 4.78 is 5.10. The first kappa shape index (κ1) is 13.5. The molecule has 0 saturated carbocycles. The van der Waals surface area contributed by atoms with E-state index in [1.54, 1.807) is 13.3 Å². The number of nitrogens with two attached hydrogens (primary N) is 1. The molecule has 0 aliphatic heterocycles. The van der Waals surface area contributed by atoms with Gasteiger partial charge in [0.15, 0.2) is 0 Å². The first-order valence-corrected chi connectivity index (χ1v) is 6.10. The lowest BCUT2D eigenvalue weighted by molar-refractivity contribution is 0.184. The van der Waals surface area contributed by atoms with Crippen LogP contribution >= 0.6 is 0 Å². The number of pyridine rings is 1. The van der Waals surface area contributed by atoms with Crippen molar-refractivity contribution in [3.63, 3.8) is 0 Å². The number of nitrogen functional groups attached to an aromatic ring is 1. The van der Waals surface area contributed by atoms with Gasteiger partial charge in [-0.2, -0.15) is 0 Å². The largest absolute Gasteiger partial charge is 0.384 e. The molecule has 19 heavy (non-hydrogen) atoms. The van der Waals surface area contributed by atoms with E-state index in [-0.39, 0.29) is 0 Å². The first-order valence-electron chi connectivity index (χ1n) is 6.10.